The Bertz CT molecular complexity index is 1300. The van der Waals surface area contributed by atoms with Crippen LogP contribution in [-0.2, 0) is 17.0 Å². The van der Waals surface area contributed by atoms with E-state index in [0.29, 0.717) is 15.6 Å². The van der Waals surface area contributed by atoms with Gasteiger partial charge in [0.25, 0.3) is 5.91 Å². The number of benzene rings is 2. The quantitative estimate of drug-likeness (QED) is 0.440. The summed E-state index contributed by atoms with van der Waals surface area (Å²) >= 11 is 12.1. The Morgan fingerprint density at radius 2 is 1.81 bits per heavy atom. The Hall–Kier alpha value is -2.62. The Labute approximate surface area is 217 Å². The molecule has 1 fully saturated rings. The molecule has 2 aromatic carbocycles. The minimum atomic E-state index is -1.69. The fourth-order valence-electron chi connectivity index (χ4n) is 4.54. The molecule has 2 atom stereocenters. The second-order valence-electron chi connectivity index (χ2n) is 9.41. The number of hydrogen-bond acceptors (Lipinski definition) is 6. The SMILES string of the molecule is CC(O)c1cc(F)c2c(c1)C(=O)N(Cc1ncc(Cl)cn1)[C@@]2(OCC1(CO)CC1)c1ccc(Cl)cc1. The maximum Gasteiger partial charge on any atom is 0.257 e. The highest BCUT2D eigenvalue weighted by Gasteiger charge is 2.56. The van der Waals surface area contributed by atoms with Gasteiger partial charge in [0.05, 0.1) is 42.0 Å². The fourth-order valence-corrected chi connectivity index (χ4v) is 4.77. The van der Waals surface area contributed by atoms with Crippen LogP contribution in [0.3, 0.4) is 0 Å². The van der Waals surface area contributed by atoms with Crippen molar-refractivity contribution >= 4 is 29.1 Å². The first-order valence-corrected chi connectivity index (χ1v) is 12.3. The van der Waals surface area contributed by atoms with Gasteiger partial charge in [0.2, 0.25) is 0 Å². The number of carbonyl (C=O) groups excluding carboxylic acids is 1. The number of halogens is 3. The molecule has 0 bridgehead atoms. The van der Waals surface area contributed by atoms with E-state index in [0.717, 1.165) is 12.8 Å². The normalized spacial score (nSPS) is 20.9. The second kappa shape index (κ2) is 9.36. The van der Waals surface area contributed by atoms with Crippen LogP contribution < -0.4 is 0 Å². The number of aliphatic hydroxyl groups excluding tert-OH is 2. The summed E-state index contributed by atoms with van der Waals surface area (Å²) in [6.07, 6.45) is 3.36. The Balaban J connectivity index is 1.73. The van der Waals surface area contributed by atoms with Crippen LogP contribution in [0.25, 0.3) is 0 Å². The van der Waals surface area contributed by atoms with Gasteiger partial charge in [0, 0.05) is 28.4 Å². The predicted molar refractivity (Wildman–Crippen MR) is 131 cm³/mol. The molecule has 1 amide bonds. The van der Waals surface area contributed by atoms with Crippen molar-refractivity contribution in [2.75, 3.05) is 13.2 Å². The number of amides is 1. The third-order valence-electron chi connectivity index (χ3n) is 6.88. The van der Waals surface area contributed by atoms with Gasteiger partial charge in [-0.05, 0) is 49.6 Å². The van der Waals surface area contributed by atoms with Crippen molar-refractivity contribution in [1.82, 2.24) is 14.9 Å². The maximum atomic E-state index is 15.9. The standard InChI is InChI=1S/C26H24Cl2FN3O4/c1-15(34)16-8-20-23(21(29)9-16)26(17-2-4-18(27)5-3-17,36-14-25(13-33)6-7-25)32(24(20)35)12-22-30-10-19(28)11-31-22/h2-5,8-11,15,33-34H,6-7,12-14H2,1H3/t15?,26-/m1/s1. The summed E-state index contributed by atoms with van der Waals surface area (Å²) in [5.74, 6) is -0.921. The number of carbonyl (C=O) groups is 1. The van der Waals surface area contributed by atoms with E-state index in [9.17, 15) is 15.0 Å². The van der Waals surface area contributed by atoms with Crippen LogP contribution in [0.15, 0.2) is 48.8 Å². The summed E-state index contributed by atoms with van der Waals surface area (Å²) in [4.78, 5) is 23.7. The van der Waals surface area contributed by atoms with Gasteiger partial charge < -0.3 is 14.9 Å². The van der Waals surface area contributed by atoms with E-state index in [1.807, 2.05) is 0 Å². The van der Waals surface area contributed by atoms with E-state index in [2.05, 4.69) is 9.97 Å². The summed E-state index contributed by atoms with van der Waals surface area (Å²) in [6, 6.07) is 9.35. The zero-order valence-corrected chi connectivity index (χ0v) is 20.9. The van der Waals surface area contributed by atoms with E-state index >= 15 is 4.39 Å². The lowest BCUT2D eigenvalue weighted by atomic mass is 9.91. The molecule has 1 aromatic heterocycles. The fraction of sp³-hybridized carbons (Fsp3) is 0.346. The molecule has 2 N–H and O–H groups in total. The van der Waals surface area contributed by atoms with Crippen LogP contribution in [0.1, 0.15) is 58.7 Å². The Morgan fingerprint density at radius 3 is 2.39 bits per heavy atom. The van der Waals surface area contributed by atoms with E-state index in [-0.39, 0.29) is 42.3 Å². The first-order valence-electron chi connectivity index (χ1n) is 11.5. The molecule has 1 unspecified atom stereocenters. The molecule has 10 heteroatoms. The molecular formula is C26H24Cl2FN3O4. The van der Waals surface area contributed by atoms with Crippen LogP contribution in [0.4, 0.5) is 4.39 Å². The van der Waals surface area contributed by atoms with Gasteiger partial charge in [-0.1, -0.05) is 35.3 Å². The van der Waals surface area contributed by atoms with Crippen LogP contribution in [0, 0.1) is 11.2 Å². The summed E-state index contributed by atoms with van der Waals surface area (Å²) in [7, 11) is 0. The average molecular weight is 532 g/mol. The molecule has 0 saturated heterocycles. The number of rotatable bonds is 8. The third kappa shape index (κ3) is 4.27. The van der Waals surface area contributed by atoms with Crippen molar-refractivity contribution < 1.29 is 24.1 Å². The van der Waals surface area contributed by atoms with E-state index in [1.165, 1.54) is 36.4 Å². The van der Waals surface area contributed by atoms with Crippen LogP contribution in [0.5, 0.6) is 0 Å². The minimum absolute atomic E-state index is 0.0296. The lowest BCUT2D eigenvalue weighted by molar-refractivity contribution is -0.131. The molecule has 5 rings (SSSR count). The zero-order valence-electron chi connectivity index (χ0n) is 19.4. The zero-order chi connectivity index (χ0) is 25.7. The highest BCUT2D eigenvalue weighted by Crippen LogP contribution is 2.52. The average Bonchev–Trinajstić information content (AvgIpc) is 3.61. The Kier molecular flexibility index (Phi) is 6.51. The van der Waals surface area contributed by atoms with Crippen molar-refractivity contribution in [2.45, 2.75) is 38.1 Å². The van der Waals surface area contributed by atoms with Crippen molar-refractivity contribution in [3.8, 4) is 0 Å². The minimum Gasteiger partial charge on any atom is -0.396 e. The topological polar surface area (TPSA) is 95.8 Å². The predicted octanol–water partition coefficient (Wildman–Crippen LogP) is 4.62. The molecule has 0 radical (unpaired) electrons. The molecule has 1 aliphatic carbocycles. The van der Waals surface area contributed by atoms with Gasteiger partial charge in [-0.2, -0.15) is 0 Å². The highest BCUT2D eigenvalue weighted by molar-refractivity contribution is 6.30. The van der Waals surface area contributed by atoms with Gasteiger partial charge in [-0.15, -0.1) is 0 Å². The molecule has 2 aliphatic rings. The van der Waals surface area contributed by atoms with E-state index in [4.69, 9.17) is 27.9 Å². The molecule has 36 heavy (non-hydrogen) atoms. The third-order valence-corrected chi connectivity index (χ3v) is 7.33. The van der Waals surface area contributed by atoms with E-state index < -0.39 is 29.0 Å². The van der Waals surface area contributed by atoms with Crippen molar-refractivity contribution in [2.24, 2.45) is 5.41 Å². The molecule has 7 nitrogen and oxygen atoms in total. The van der Waals surface area contributed by atoms with Crippen LogP contribution in [-0.4, -0.2) is 44.2 Å². The summed E-state index contributed by atoms with van der Waals surface area (Å²) in [5.41, 5.74) is -1.30. The van der Waals surface area contributed by atoms with Crippen molar-refractivity contribution in [1.29, 1.82) is 0 Å². The molecule has 3 aromatic rings. The highest BCUT2D eigenvalue weighted by atomic mass is 35.5. The Morgan fingerprint density at radius 1 is 1.14 bits per heavy atom. The van der Waals surface area contributed by atoms with Gasteiger partial charge in [-0.25, -0.2) is 14.4 Å². The number of aliphatic hydroxyl groups is 2. The first kappa shape index (κ1) is 25.0. The lowest BCUT2D eigenvalue weighted by Gasteiger charge is -2.40. The number of hydrogen-bond donors (Lipinski definition) is 2. The largest absolute Gasteiger partial charge is 0.396 e. The maximum absolute atomic E-state index is 15.9. The molecule has 1 saturated carbocycles. The monoisotopic (exact) mass is 531 g/mol. The number of aromatic nitrogens is 2. The molecular weight excluding hydrogens is 508 g/mol. The van der Waals surface area contributed by atoms with Gasteiger partial charge in [0.15, 0.2) is 5.72 Å². The van der Waals surface area contributed by atoms with Gasteiger partial charge >= 0.3 is 0 Å². The molecule has 0 spiro atoms. The molecule has 1 aliphatic heterocycles. The van der Waals surface area contributed by atoms with Gasteiger partial charge in [-0.3, -0.25) is 9.69 Å². The molecule has 2 heterocycles. The number of fused-ring (bicyclic) bond motifs is 1. The van der Waals surface area contributed by atoms with Crippen LogP contribution >= 0.6 is 23.2 Å². The first-order chi connectivity index (χ1) is 17.2. The second-order valence-corrected chi connectivity index (χ2v) is 10.3. The molecule has 188 valence electrons. The van der Waals surface area contributed by atoms with Crippen molar-refractivity contribution in [3.63, 3.8) is 0 Å². The summed E-state index contributed by atoms with van der Waals surface area (Å²) < 4.78 is 22.5. The van der Waals surface area contributed by atoms with E-state index in [1.54, 1.807) is 24.3 Å². The van der Waals surface area contributed by atoms with Crippen molar-refractivity contribution in [3.05, 3.63) is 92.7 Å². The lowest BCUT2D eigenvalue weighted by Crippen LogP contribution is -2.48. The van der Waals surface area contributed by atoms with Gasteiger partial charge in [0.1, 0.15) is 11.6 Å². The van der Waals surface area contributed by atoms with Crippen LogP contribution in [0.2, 0.25) is 10.0 Å². The number of ether oxygens (including phenoxy) is 1. The summed E-state index contributed by atoms with van der Waals surface area (Å²) in [5, 5.41) is 20.9. The smallest absolute Gasteiger partial charge is 0.257 e. The number of nitrogens with zero attached hydrogens (tertiary/aromatic N) is 3. The summed E-state index contributed by atoms with van der Waals surface area (Å²) in [6.45, 7) is 1.40.